The van der Waals surface area contributed by atoms with Gasteiger partial charge < -0.3 is 8.60 Å². The average Bonchev–Trinajstić information content (AvgIpc) is 3.05. The molecule has 5 nitrogen and oxygen atoms in total. The van der Waals surface area contributed by atoms with Gasteiger partial charge in [-0.1, -0.05) is 40.9 Å². The van der Waals surface area contributed by atoms with Crippen molar-refractivity contribution in [2.24, 2.45) is 0 Å². The Balaban J connectivity index is 1.80. The normalized spacial score (nSPS) is 11.7. The van der Waals surface area contributed by atoms with Crippen molar-refractivity contribution >= 4 is 44.4 Å². The zero-order valence-electron chi connectivity index (χ0n) is 15.4. The van der Waals surface area contributed by atoms with Crippen LogP contribution in [0.3, 0.4) is 0 Å². The number of rotatable bonds is 4. The summed E-state index contributed by atoms with van der Waals surface area (Å²) in [6, 6.07) is 14.8. The van der Waals surface area contributed by atoms with E-state index in [2.05, 4.69) is 4.98 Å². The first-order chi connectivity index (χ1) is 13.7. The van der Waals surface area contributed by atoms with Crippen LogP contribution in [0.15, 0.2) is 63.9 Å². The highest BCUT2D eigenvalue weighted by atomic mass is 35.5. The third-order valence-corrected chi connectivity index (χ3v) is 6.22. The largest absolute Gasteiger partial charge is 0.436 e. The van der Waals surface area contributed by atoms with Gasteiger partial charge in [0.2, 0.25) is 5.89 Å². The third kappa shape index (κ3) is 3.96. The van der Waals surface area contributed by atoms with E-state index >= 15 is 0 Å². The number of aryl methyl sites for hydroxylation is 2. The van der Waals surface area contributed by atoms with Crippen molar-refractivity contribution in [3.05, 3.63) is 75.8 Å². The summed E-state index contributed by atoms with van der Waals surface area (Å²) in [7, 11) is -4.20. The lowest BCUT2D eigenvalue weighted by atomic mass is 10.1. The van der Waals surface area contributed by atoms with Crippen LogP contribution in [0.2, 0.25) is 10.0 Å². The van der Waals surface area contributed by atoms with E-state index in [-0.39, 0.29) is 21.6 Å². The smallest absolute Gasteiger partial charge is 0.340 e. The van der Waals surface area contributed by atoms with Gasteiger partial charge in [0.05, 0.1) is 10.6 Å². The minimum atomic E-state index is -4.20. The zero-order chi connectivity index (χ0) is 20.8. The molecule has 0 radical (unpaired) electrons. The van der Waals surface area contributed by atoms with E-state index in [0.29, 0.717) is 21.7 Å². The Morgan fingerprint density at radius 1 is 0.931 bits per heavy atom. The van der Waals surface area contributed by atoms with Crippen molar-refractivity contribution in [3.8, 4) is 17.2 Å². The maximum Gasteiger partial charge on any atom is 0.340 e. The van der Waals surface area contributed by atoms with E-state index in [1.54, 1.807) is 18.2 Å². The summed E-state index contributed by atoms with van der Waals surface area (Å²) >= 11 is 11.9. The maximum absolute atomic E-state index is 12.8. The Hall–Kier alpha value is -2.54. The molecular formula is C21H15Cl2NO4S. The molecule has 0 N–H and O–H groups in total. The fraction of sp³-hybridized carbons (Fsp3) is 0.0952. The Bertz CT molecular complexity index is 1350. The molecule has 1 heterocycles. The molecule has 4 rings (SSSR count). The van der Waals surface area contributed by atoms with Crippen LogP contribution in [0.5, 0.6) is 5.75 Å². The Morgan fingerprint density at radius 2 is 1.66 bits per heavy atom. The molecule has 4 aromatic rings. The van der Waals surface area contributed by atoms with Crippen molar-refractivity contribution in [2.45, 2.75) is 18.7 Å². The SMILES string of the molecule is Cc1ccc(OS(=O)(=O)c2ccc(Cl)cc2Cl)c(-c2nc3cc(C)ccc3o2)c1. The van der Waals surface area contributed by atoms with Crippen molar-refractivity contribution in [2.75, 3.05) is 0 Å². The quantitative estimate of drug-likeness (QED) is 0.349. The van der Waals surface area contributed by atoms with Crippen LogP contribution in [0.1, 0.15) is 11.1 Å². The fourth-order valence-corrected chi connectivity index (χ4v) is 4.57. The number of aromatic nitrogens is 1. The van der Waals surface area contributed by atoms with Gasteiger partial charge in [0.1, 0.15) is 10.4 Å². The van der Waals surface area contributed by atoms with E-state index in [1.165, 1.54) is 18.2 Å². The molecule has 29 heavy (non-hydrogen) atoms. The van der Waals surface area contributed by atoms with Crippen LogP contribution < -0.4 is 4.18 Å². The molecular weight excluding hydrogens is 433 g/mol. The molecule has 3 aromatic carbocycles. The molecule has 0 atom stereocenters. The summed E-state index contributed by atoms with van der Waals surface area (Å²) in [4.78, 5) is 4.31. The highest BCUT2D eigenvalue weighted by Gasteiger charge is 2.24. The first-order valence-corrected chi connectivity index (χ1v) is 10.8. The summed E-state index contributed by atoms with van der Waals surface area (Å²) in [5.41, 5.74) is 3.64. The van der Waals surface area contributed by atoms with Gasteiger partial charge >= 0.3 is 10.1 Å². The molecule has 148 valence electrons. The summed E-state index contributed by atoms with van der Waals surface area (Å²) in [6.07, 6.45) is 0. The van der Waals surface area contributed by atoms with Gasteiger partial charge in [-0.15, -0.1) is 0 Å². The lowest BCUT2D eigenvalue weighted by Gasteiger charge is -2.11. The molecule has 0 fully saturated rings. The summed E-state index contributed by atoms with van der Waals surface area (Å²) in [6.45, 7) is 3.84. The van der Waals surface area contributed by atoms with Crippen LogP contribution in [0, 0.1) is 13.8 Å². The number of hydrogen-bond acceptors (Lipinski definition) is 5. The Morgan fingerprint density at radius 3 is 2.41 bits per heavy atom. The lowest BCUT2D eigenvalue weighted by Crippen LogP contribution is -2.11. The average molecular weight is 448 g/mol. The van der Waals surface area contributed by atoms with Crippen LogP contribution in [-0.2, 0) is 10.1 Å². The van der Waals surface area contributed by atoms with Crippen LogP contribution in [0.25, 0.3) is 22.6 Å². The van der Waals surface area contributed by atoms with E-state index in [0.717, 1.165) is 11.1 Å². The first kappa shape index (κ1) is 19.8. The van der Waals surface area contributed by atoms with Crippen LogP contribution in [0.4, 0.5) is 0 Å². The van der Waals surface area contributed by atoms with Crippen molar-refractivity contribution < 1.29 is 17.0 Å². The molecule has 0 saturated heterocycles. The first-order valence-electron chi connectivity index (χ1n) is 8.61. The van der Waals surface area contributed by atoms with Crippen molar-refractivity contribution in [1.29, 1.82) is 0 Å². The van der Waals surface area contributed by atoms with Gasteiger partial charge in [-0.05, 0) is 61.9 Å². The highest BCUT2D eigenvalue weighted by molar-refractivity contribution is 7.87. The summed E-state index contributed by atoms with van der Waals surface area (Å²) in [5, 5.41) is 0.301. The molecule has 0 bridgehead atoms. The predicted molar refractivity (Wildman–Crippen MR) is 113 cm³/mol. The number of fused-ring (bicyclic) bond motifs is 1. The second-order valence-corrected chi connectivity index (χ2v) is 8.96. The predicted octanol–water partition coefficient (Wildman–Crippen LogP) is 6.19. The van der Waals surface area contributed by atoms with Crippen molar-refractivity contribution in [3.63, 3.8) is 0 Å². The molecule has 0 saturated carbocycles. The second kappa shape index (κ2) is 7.37. The van der Waals surface area contributed by atoms with Gasteiger partial charge in [0.25, 0.3) is 0 Å². The maximum atomic E-state index is 12.8. The molecule has 0 aliphatic rings. The van der Waals surface area contributed by atoms with Gasteiger partial charge in [-0.3, -0.25) is 0 Å². The molecule has 8 heteroatoms. The molecule has 0 aliphatic heterocycles. The molecule has 0 unspecified atom stereocenters. The van der Waals surface area contributed by atoms with Crippen LogP contribution >= 0.6 is 23.2 Å². The summed E-state index contributed by atoms with van der Waals surface area (Å²) in [5.74, 6) is 0.353. The van der Waals surface area contributed by atoms with Crippen molar-refractivity contribution in [1.82, 2.24) is 4.98 Å². The third-order valence-electron chi connectivity index (χ3n) is 4.27. The van der Waals surface area contributed by atoms with E-state index in [9.17, 15) is 8.42 Å². The minimum Gasteiger partial charge on any atom is -0.436 e. The fourth-order valence-electron chi connectivity index (χ4n) is 2.88. The topological polar surface area (TPSA) is 69.4 Å². The number of hydrogen-bond donors (Lipinski definition) is 0. The van der Waals surface area contributed by atoms with Gasteiger partial charge in [-0.25, -0.2) is 4.98 Å². The standard InChI is InChI=1S/C21H15Cl2NO4S/c1-12-3-6-18(28-29(25,26)20-8-5-14(22)11-16(20)23)15(9-12)21-24-17-10-13(2)4-7-19(17)27-21/h3-11H,1-2H3. The summed E-state index contributed by atoms with van der Waals surface area (Å²) < 4.78 is 36.9. The van der Waals surface area contributed by atoms with Crippen LogP contribution in [-0.4, -0.2) is 13.4 Å². The van der Waals surface area contributed by atoms with Gasteiger partial charge in [-0.2, -0.15) is 8.42 Å². The molecule has 0 amide bonds. The minimum absolute atomic E-state index is 0.0245. The molecule has 0 aliphatic carbocycles. The monoisotopic (exact) mass is 447 g/mol. The number of nitrogens with zero attached hydrogens (tertiary/aromatic N) is 1. The number of benzene rings is 3. The van der Waals surface area contributed by atoms with Gasteiger partial charge in [0.15, 0.2) is 11.3 Å². The van der Waals surface area contributed by atoms with Gasteiger partial charge in [0, 0.05) is 5.02 Å². The van der Waals surface area contributed by atoms with E-state index in [4.69, 9.17) is 31.8 Å². The number of oxazole rings is 1. The Labute approximate surface area is 178 Å². The number of halogens is 2. The molecule has 1 aromatic heterocycles. The Kier molecular flexibility index (Phi) is 5.02. The highest BCUT2D eigenvalue weighted by Crippen LogP contribution is 2.35. The van der Waals surface area contributed by atoms with E-state index < -0.39 is 10.1 Å². The molecule has 0 spiro atoms. The van der Waals surface area contributed by atoms with E-state index in [1.807, 2.05) is 32.0 Å². The zero-order valence-corrected chi connectivity index (χ0v) is 17.8. The lowest BCUT2D eigenvalue weighted by molar-refractivity contribution is 0.485. The second-order valence-electron chi connectivity index (χ2n) is 6.60.